The quantitative estimate of drug-likeness (QED) is 0.821. The minimum atomic E-state index is -0.617. The second kappa shape index (κ2) is 4.53. The van der Waals surface area contributed by atoms with Crippen molar-refractivity contribution in [3.8, 4) is 0 Å². The Bertz CT molecular complexity index is 459. The number of carbonyl (C=O) groups is 2. The third kappa shape index (κ3) is 2.13. The van der Waals surface area contributed by atoms with Crippen molar-refractivity contribution >= 4 is 11.8 Å². The van der Waals surface area contributed by atoms with Crippen LogP contribution in [0, 0.1) is 0 Å². The van der Waals surface area contributed by atoms with Crippen LogP contribution < -0.4 is 5.73 Å². The molecule has 1 fully saturated rings. The van der Waals surface area contributed by atoms with Gasteiger partial charge in [0.1, 0.15) is 5.69 Å². The topological polar surface area (TPSA) is 76.3 Å². The third-order valence-corrected chi connectivity index (χ3v) is 3.09. The molecular formula is C12H15N3O2. The van der Waals surface area contributed by atoms with E-state index in [2.05, 4.69) is 4.98 Å². The molecule has 1 aliphatic heterocycles. The highest BCUT2D eigenvalue weighted by Gasteiger charge is 2.29. The average molecular weight is 233 g/mol. The van der Waals surface area contributed by atoms with Crippen molar-refractivity contribution in [1.82, 2.24) is 9.88 Å². The Hall–Kier alpha value is -1.91. The van der Waals surface area contributed by atoms with Gasteiger partial charge in [0.25, 0.3) is 11.8 Å². The minimum absolute atomic E-state index is 0.161. The van der Waals surface area contributed by atoms with Crippen LogP contribution in [0.15, 0.2) is 18.3 Å². The van der Waals surface area contributed by atoms with E-state index in [0.29, 0.717) is 0 Å². The molecule has 2 rings (SSSR count). The van der Waals surface area contributed by atoms with E-state index in [1.54, 1.807) is 11.0 Å². The standard InChI is InChI=1S/C12H15N3O2/c1-8-4-3-7-15(8)12(17)10-9(11(13)16)5-2-6-14-10/h2,5-6,8H,3-4,7H2,1H3,(H2,13,16). The van der Waals surface area contributed by atoms with Gasteiger partial charge in [-0.1, -0.05) is 0 Å². The molecule has 5 nitrogen and oxygen atoms in total. The predicted octanol–water partition coefficient (Wildman–Crippen LogP) is 0.805. The highest BCUT2D eigenvalue weighted by molar-refractivity contribution is 6.05. The van der Waals surface area contributed by atoms with Crippen LogP contribution in [0.3, 0.4) is 0 Å². The largest absolute Gasteiger partial charge is 0.366 e. The van der Waals surface area contributed by atoms with Gasteiger partial charge in [0.2, 0.25) is 0 Å². The number of aromatic nitrogens is 1. The molecule has 0 saturated carbocycles. The molecule has 0 aliphatic carbocycles. The number of carbonyl (C=O) groups excluding carboxylic acids is 2. The molecule has 90 valence electrons. The van der Waals surface area contributed by atoms with Crippen molar-refractivity contribution < 1.29 is 9.59 Å². The molecule has 1 aliphatic rings. The minimum Gasteiger partial charge on any atom is -0.366 e. The third-order valence-electron chi connectivity index (χ3n) is 3.09. The van der Waals surface area contributed by atoms with E-state index in [1.165, 1.54) is 12.3 Å². The van der Waals surface area contributed by atoms with Crippen LogP contribution in [0.25, 0.3) is 0 Å². The maximum absolute atomic E-state index is 12.2. The molecule has 1 aromatic rings. The number of amides is 2. The van der Waals surface area contributed by atoms with E-state index in [0.717, 1.165) is 19.4 Å². The predicted molar refractivity (Wildman–Crippen MR) is 62.5 cm³/mol. The maximum atomic E-state index is 12.2. The van der Waals surface area contributed by atoms with Gasteiger partial charge in [-0.15, -0.1) is 0 Å². The van der Waals surface area contributed by atoms with Crippen molar-refractivity contribution in [2.24, 2.45) is 5.73 Å². The first-order valence-electron chi connectivity index (χ1n) is 5.67. The number of hydrogen-bond donors (Lipinski definition) is 1. The van der Waals surface area contributed by atoms with Crippen molar-refractivity contribution in [1.29, 1.82) is 0 Å². The van der Waals surface area contributed by atoms with Crippen molar-refractivity contribution in [2.45, 2.75) is 25.8 Å². The van der Waals surface area contributed by atoms with Gasteiger partial charge in [-0.05, 0) is 31.9 Å². The highest BCUT2D eigenvalue weighted by Crippen LogP contribution is 2.19. The Morgan fingerprint density at radius 2 is 2.29 bits per heavy atom. The SMILES string of the molecule is CC1CCCN1C(=O)c1ncccc1C(N)=O. The van der Waals surface area contributed by atoms with Crippen LogP contribution in [0.2, 0.25) is 0 Å². The number of rotatable bonds is 2. The summed E-state index contributed by atoms with van der Waals surface area (Å²) in [6.07, 6.45) is 3.48. The first kappa shape index (κ1) is 11.6. The molecular weight excluding hydrogens is 218 g/mol. The molecule has 17 heavy (non-hydrogen) atoms. The smallest absolute Gasteiger partial charge is 0.273 e. The fourth-order valence-corrected chi connectivity index (χ4v) is 2.15. The van der Waals surface area contributed by atoms with E-state index >= 15 is 0 Å². The zero-order chi connectivity index (χ0) is 12.4. The molecule has 1 atom stereocenters. The van der Waals surface area contributed by atoms with Gasteiger partial charge in [-0.3, -0.25) is 14.6 Å². The number of nitrogens with zero attached hydrogens (tertiary/aromatic N) is 2. The van der Waals surface area contributed by atoms with Crippen molar-refractivity contribution in [3.05, 3.63) is 29.6 Å². The second-order valence-corrected chi connectivity index (χ2v) is 4.25. The summed E-state index contributed by atoms with van der Waals surface area (Å²) in [6, 6.07) is 3.33. The zero-order valence-electron chi connectivity index (χ0n) is 9.72. The summed E-state index contributed by atoms with van der Waals surface area (Å²) < 4.78 is 0. The fourth-order valence-electron chi connectivity index (χ4n) is 2.15. The van der Waals surface area contributed by atoms with E-state index in [-0.39, 0.29) is 23.2 Å². The second-order valence-electron chi connectivity index (χ2n) is 4.25. The number of nitrogens with two attached hydrogens (primary N) is 1. The van der Waals surface area contributed by atoms with Crippen molar-refractivity contribution in [2.75, 3.05) is 6.54 Å². The Labute approximate surface area is 99.6 Å². The van der Waals surface area contributed by atoms with E-state index in [1.807, 2.05) is 6.92 Å². The highest BCUT2D eigenvalue weighted by atomic mass is 16.2. The van der Waals surface area contributed by atoms with Gasteiger partial charge in [0, 0.05) is 18.8 Å². The molecule has 5 heteroatoms. The van der Waals surface area contributed by atoms with Gasteiger partial charge < -0.3 is 10.6 Å². The summed E-state index contributed by atoms with van der Waals surface area (Å²) in [6.45, 7) is 2.71. The van der Waals surface area contributed by atoms with E-state index in [9.17, 15) is 9.59 Å². The van der Waals surface area contributed by atoms with Crippen LogP contribution in [0.1, 0.15) is 40.6 Å². The molecule has 1 saturated heterocycles. The summed E-state index contributed by atoms with van der Waals surface area (Å²) >= 11 is 0. The molecule has 2 N–H and O–H groups in total. The summed E-state index contributed by atoms with van der Waals surface area (Å²) in [5, 5.41) is 0. The zero-order valence-corrected chi connectivity index (χ0v) is 9.72. The number of likely N-dealkylation sites (tertiary alicyclic amines) is 1. The van der Waals surface area contributed by atoms with Gasteiger partial charge in [0.15, 0.2) is 0 Å². The first-order valence-corrected chi connectivity index (χ1v) is 5.67. The molecule has 0 spiro atoms. The summed E-state index contributed by atoms with van der Waals surface area (Å²) in [4.78, 5) is 29.2. The Morgan fingerprint density at radius 3 is 2.88 bits per heavy atom. The summed E-state index contributed by atoms with van der Waals surface area (Å²) in [5.41, 5.74) is 5.59. The van der Waals surface area contributed by atoms with E-state index in [4.69, 9.17) is 5.73 Å². The lowest BCUT2D eigenvalue weighted by molar-refractivity contribution is 0.0736. The van der Waals surface area contributed by atoms with Gasteiger partial charge in [0.05, 0.1) is 5.56 Å². The Morgan fingerprint density at radius 1 is 1.53 bits per heavy atom. The van der Waals surface area contributed by atoms with Gasteiger partial charge in [-0.2, -0.15) is 0 Å². The molecule has 1 aromatic heterocycles. The first-order chi connectivity index (χ1) is 8.11. The maximum Gasteiger partial charge on any atom is 0.273 e. The van der Waals surface area contributed by atoms with Crippen LogP contribution in [0.4, 0.5) is 0 Å². The lowest BCUT2D eigenvalue weighted by atomic mass is 10.1. The normalized spacial score (nSPS) is 19.4. The molecule has 0 radical (unpaired) electrons. The number of primary amides is 1. The molecule has 2 heterocycles. The van der Waals surface area contributed by atoms with Crippen molar-refractivity contribution in [3.63, 3.8) is 0 Å². The lowest BCUT2D eigenvalue weighted by Gasteiger charge is -2.21. The van der Waals surface area contributed by atoms with E-state index < -0.39 is 5.91 Å². The molecule has 1 unspecified atom stereocenters. The monoisotopic (exact) mass is 233 g/mol. The van der Waals surface area contributed by atoms with Gasteiger partial charge >= 0.3 is 0 Å². The number of hydrogen-bond acceptors (Lipinski definition) is 3. The van der Waals surface area contributed by atoms with Crippen LogP contribution in [-0.4, -0.2) is 34.3 Å². The van der Waals surface area contributed by atoms with Gasteiger partial charge in [-0.25, -0.2) is 0 Å². The van der Waals surface area contributed by atoms with Crippen LogP contribution in [0.5, 0.6) is 0 Å². The lowest BCUT2D eigenvalue weighted by Crippen LogP contribution is -2.35. The Kier molecular flexibility index (Phi) is 3.08. The Balaban J connectivity index is 2.33. The molecule has 2 amide bonds. The van der Waals surface area contributed by atoms with Crippen LogP contribution >= 0.6 is 0 Å². The average Bonchev–Trinajstić information content (AvgIpc) is 2.74. The summed E-state index contributed by atoms with van der Waals surface area (Å²) in [7, 11) is 0. The summed E-state index contributed by atoms with van der Waals surface area (Å²) in [5.74, 6) is -0.822. The molecule has 0 bridgehead atoms. The molecule has 0 aromatic carbocycles. The van der Waals surface area contributed by atoms with Crippen LogP contribution in [-0.2, 0) is 0 Å². The number of pyridine rings is 1. The fraction of sp³-hybridized carbons (Fsp3) is 0.417.